The van der Waals surface area contributed by atoms with Gasteiger partial charge in [-0.2, -0.15) is 0 Å². The van der Waals surface area contributed by atoms with Gasteiger partial charge in [-0.15, -0.1) is 0 Å². The molecule has 0 saturated heterocycles. The minimum atomic E-state index is -0.245. The molecule has 4 aromatic rings. The number of nitrogens with one attached hydrogen (secondary N) is 1. The summed E-state index contributed by atoms with van der Waals surface area (Å²) in [6, 6.07) is 23.5. The van der Waals surface area contributed by atoms with Crippen LogP contribution in [0.1, 0.15) is 55.5 Å². The van der Waals surface area contributed by atoms with Crippen LogP contribution in [-0.2, 0) is 31.5 Å². The lowest BCUT2D eigenvalue weighted by atomic mass is 9.87. The van der Waals surface area contributed by atoms with Crippen LogP contribution in [0.5, 0.6) is 0 Å². The van der Waals surface area contributed by atoms with Crippen LogP contribution in [0, 0.1) is 5.82 Å². The highest BCUT2D eigenvalue weighted by Crippen LogP contribution is 2.23. The lowest BCUT2D eigenvalue weighted by Crippen LogP contribution is -2.26. The molecule has 3 nitrogen and oxygen atoms in total. The number of nitrogens with zero attached hydrogens (tertiary/aromatic N) is 1. The van der Waals surface area contributed by atoms with Gasteiger partial charge in [0.25, 0.3) is 5.56 Å². The number of pyridine rings is 1. The minimum absolute atomic E-state index is 0.0658. The van der Waals surface area contributed by atoms with Crippen LogP contribution in [-0.4, -0.2) is 9.88 Å². The third-order valence-corrected chi connectivity index (χ3v) is 6.33. The maximum absolute atomic E-state index is 13.5. The van der Waals surface area contributed by atoms with Crippen LogP contribution in [0.3, 0.4) is 0 Å². The van der Waals surface area contributed by atoms with Crippen molar-refractivity contribution < 1.29 is 4.39 Å². The largest absolute Gasteiger partial charge is 0.322 e. The highest BCUT2D eigenvalue weighted by molar-refractivity contribution is 5.79. The summed E-state index contributed by atoms with van der Waals surface area (Å²) < 4.78 is 13.5. The van der Waals surface area contributed by atoms with Crippen molar-refractivity contribution in [3.05, 3.63) is 117 Å². The molecule has 34 heavy (non-hydrogen) atoms. The Morgan fingerprint density at radius 2 is 1.38 bits per heavy atom. The molecule has 0 unspecified atom stereocenters. The van der Waals surface area contributed by atoms with Gasteiger partial charge in [0.15, 0.2) is 0 Å². The van der Waals surface area contributed by atoms with Gasteiger partial charge in [-0.05, 0) is 69.8 Å². The van der Waals surface area contributed by atoms with E-state index in [0.717, 1.165) is 28.5 Å². The van der Waals surface area contributed by atoms with E-state index in [4.69, 9.17) is 0 Å². The van der Waals surface area contributed by atoms with E-state index < -0.39 is 0 Å². The number of H-pyrrole nitrogens is 1. The van der Waals surface area contributed by atoms with Crippen LogP contribution < -0.4 is 5.56 Å². The standard InChI is InChI=1S/C30H33FN2O/c1-5-21-10-15-28-24(16-21)17-25(29(34)32-28)20-33(19-23-8-13-27(31)14-9-23)18-22-6-11-26(12-7-22)30(2,3)4/h6-17H,5,18-20H2,1-4H3,(H,32,34). The Morgan fingerprint density at radius 1 is 0.794 bits per heavy atom. The zero-order valence-electron chi connectivity index (χ0n) is 20.5. The van der Waals surface area contributed by atoms with Crippen molar-refractivity contribution in [2.45, 2.75) is 59.2 Å². The Labute approximate surface area is 201 Å². The van der Waals surface area contributed by atoms with E-state index in [1.807, 2.05) is 24.3 Å². The first-order chi connectivity index (χ1) is 16.2. The van der Waals surface area contributed by atoms with Crippen molar-refractivity contribution in [1.29, 1.82) is 0 Å². The average molecular weight is 457 g/mol. The molecule has 1 N–H and O–H groups in total. The summed E-state index contributed by atoms with van der Waals surface area (Å²) in [5.41, 5.74) is 6.35. The molecule has 3 aromatic carbocycles. The van der Waals surface area contributed by atoms with Crippen LogP contribution >= 0.6 is 0 Å². The van der Waals surface area contributed by atoms with Gasteiger partial charge in [0.2, 0.25) is 0 Å². The zero-order valence-corrected chi connectivity index (χ0v) is 20.5. The molecule has 176 valence electrons. The van der Waals surface area contributed by atoms with Crippen molar-refractivity contribution in [2.24, 2.45) is 0 Å². The normalized spacial score (nSPS) is 11.9. The summed E-state index contributed by atoms with van der Waals surface area (Å²) in [5, 5.41) is 1.05. The predicted octanol–water partition coefficient (Wildman–Crippen LogP) is 6.73. The van der Waals surface area contributed by atoms with E-state index in [0.29, 0.717) is 19.6 Å². The fourth-order valence-corrected chi connectivity index (χ4v) is 4.26. The topological polar surface area (TPSA) is 36.1 Å². The number of rotatable bonds is 7. The fourth-order valence-electron chi connectivity index (χ4n) is 4.26. The minimum Gasteiger partial charge on any atom is -0.322 e. The number of fused-ring (bicyclic) bond motifs is 1. The van der Waals surface area contributed by atoms with Crippen molar-refractivity contribution in [2.75, 3.05) is 0 Å². The average Bonchev–Trinajstić information content (AvgIpc) is 2.80. The summed E-state index contributed by atoms with van der Waals surface area (Å²) in [4.78, 5) is 18.2. The Bertz CT molecular complexity index is 1320. The molecule has 4 heteroatoms. The number of halogens is 1. The quantitative estimate of drug-likeness (QED) is 0.335. The molecule has 0 amide bonds. The number of aromatic nitrogens is 1. The van der Waals surface area contributed by atoms with Gasteiger partial charge in [-0.1, -0.05) is 70.2 Å². The summed E-state index contributed by atoms with van der Waals surface area (Å²) in [6.07, 6.45) is 0.950. The molecule has 0 aliphatic carbocycles. The molecule has 0 saturated carbocycles. The molecule has 0 aliphatic rings. The third-order valence-electron chi connectivity index (χ3n) is 6.33. The Balaban J connectivity index is 1.64. The molecule has 0 radical (unpaired) electrons. The van der Waals surface area contributed by atoms with Gasteiger partial charge in [0.1, 0.15) is 5.82 Å². The van der Waals surface area contributed by atoms with Crippen molar-refractivity contribution in [3.8, 4) is 0 Å². The van der Waals surface area contributed by atoms with Crippen molar-refractivity contribution >= 4 is 10.9 Å². The van der Waals surface area contributed by atoms with Crippen molar-refractivity contribution in [3.63, 3.8) is 0 Å². The van der Waals surface area contributed by atoms with E-state index >= 15 is 0 Å². The van der Waals surface area contributed by atoms with E-state index in [2.05, 4.69) is 74.0 Å². The Hall–Kier alpha value is -3.24. The summed E-state index contributed by atoms with van der Waals surface area (Å²) in [6.45, 7) is 10.6. The van der Waals surface area contributed by atoms with Gasteiger partial charge < -0.3 is 4.98 Å². The van der Waals surface area contributed by atoms with Gasteiger partial charge in [0.05, 0.1) is 0 Å². The van der Waals surface area contributed by atoms with E-state index in [9.17, 15) is 9.18 Å². The number of aromatic amines is 1. The third kappa shape index (κ3) is 5.81. The number of benzene rings is 3. The summed E-state index contributed by atoms with van der Waals surface area (Å²) in [5.74, 6) is -0.245. The molecule has 0 aliphatic heterocycles. The summed E-state index contributed by atoms with van der Waals surface area (Å²) in [7, 11) is 0. The molecule has 1 aromatic heterocycles. The molecule has 0 atom stereocenters. The van der Waals surface area contributed by atoms with E-state index in [1.165, 1.54) is 28.8 Å². The Morgan fingerprint density at radius 3 is 1.97 bits per heavy atom. The van der Waals surface area contributed by atoms with Crippen LogP contribution in [0.2, 0.25) is 0 Å². The van der Waals surface area contributed by atoms with Crippen LogP contribution in [0.15, 0.2) is 77.6 Å². The molecule has 0 fully saturated rings. The predicted molar refractivity (Wildman–Crippen MR) is 138 cm³/mol. The van der Waals surface area contributed by atoms with Crippen LogP contribution in [0.25, 0.3) is 10.9 Å². The van der Waals surface area contributed by atoms with Gasteiger partial charge in [0, 0.05) is 30.7 Å². The highest BCUT2D eigenvalue weighted by atomic mass is 19.1. The van der Waals surface area contributed by atoms with Gasteiger partial charge in [-0.25, -0.2) is 4.39 Å². The van der Waals surface area contributed by atoms with Gasteiger partial charge in [-0.3, -0.25) is 9.69 Å². The molecular weight excluding hydrogens is 423 g/mol. The molecular formula is C30H33FN2O. The first kappa shape index (κ1) is 23.9. The van der Waals surface area contributed by atoms with E-state index in [-0.39, 0.29) is 16.8 Å². The lowest BCUT2D eigenvalue weighted by molar-refractivity contribution is 0.246. The fraction of sp³-hybridized carbons (Fsp3) is 0.300. The second kappa shape index (κ2) is 9.94. The zero-order chi connectivity index (χ0) is 24.3. The molecule has 1 heterocycles. The summed E-state index contributed by atoms with van der Waals surface area (Å²) >= 11 is 0. The highest BCUT2D eigenvalue weighted by Gasteiger charge is 2.15. The molecule has 4 rings (SSSR count). The lowest BCUT2D eigenvalue weighted by Gasteiger charge is -2.24. The molecule has 0 bridgehead atoms. The van der Waals surface area contributed by atoms with E-state index in [1.54, 1.807) is 0 Å². The molecule has 0 spiro atoms. The van der Waals surface area contributed by atoms with Crippen LogP contribution in [0.4, 0.5) is 4.39 Å². The first-order valence-corrected chi connectivity index (χ1v) is 11.9. The van der Waals surface area contributed by atoms with Gasteiger partial charge >= 0.3 is 0 Å². The Kier molecular flexibility index (Phi) is 6.99. The second-order valence-electron chi connectivity index (χ2n) is 10.1. The maximum atomic E-state index is 13.5. The SMILES string of the molecule is CCc1ccc2[nH]c(=O)c(CN(Cc3ccc(F)cc3)Cc3ccc(C(C)(C)C)cc3)cc2c1. The second-order valence-corrected chi connectivity index (χ2v) is 10.1. The number of aryl methyl sites for hydroxylation is 1. The first-order valence-electron chi connectivity index (χ1n) is 11.9. The smallest absolute Gasteiger partial charge is 0.252 e. The number of hydrogen-bond acceptors (Lipinski definition) is 2. The maximum Gasteiger partial charge on any atom is 0.252 e. The monoisotopic (exact) mass is 456 g/mol. The number of hydrogen-bond donors (Lipinski definition) is 1. The van der Waals surface area contributed by atoms with Crippen molar-refractivity contribution in [1.82, 2.24) is 9.88 Å².